The number of anilines is 1. The predicted molar refractivity (Wildman–Crippen MR) is 103 cm³/mol. The Morgan fingerprint density at radius 1 is 1.11 bits per heavy atom. The summed E-state index contributed by atoms with van der Waals surface area (Å²) in [5.74, 6) is -0.119. The zero-order valence-corrected chi connectivity index (χ0v) is 15.3. The quantitative estimate of drug-likeness (QED) is 0.623. The lowest BCUT2D eigenvalue weighted by Gasteiger charge is -2.09. The molecule has 27 heavy (non-hydrogen) atoms. The molecule has 0 fully saturated rings. The van der Waals surface area contributed by atoms with Crippen molar-refractivity contribution in [3.63, 3.8) is 0 Å². The minimum Gasteiger partial charge on any atom is -0.465 e. The molecule has 7 nitrogen and oxygen atoms in total. The fourth-order valence-corrected chi connectivity index (χ4v) is 2.18. The molecule has 7 heteroatoms. The van der Waals surface area contributed by atoms with Crippen LogP contribution >= 0.6 is 0 Å². The van der Waals surface area contributed by atoms with Crippen LogP contribution in [0.2, 0.25) is 0 Å². The molecule has 2 rings (SSSR count). The van der Waals surface area contributed by atoms with Gasteiger partial charge in [0.15, 0.2) is 0 Å². The third-order valence-electron chi connectivity index (χ3n) is 3.44. The van der Waals surface area contributed by atoms with Gasteiger partial charge in [-0.05, 0) is 56.3 Å². The van der Waals surface area contributed by atoms with E-state index in [1.807, 2.05) is 13.8 Å². The molecule has 1 heterocycles. The topological polar surface area (TPSA) is 100 Å². The van der Waals surface area contributed by atoms with Gasteiger partial charge in [-0.2, -0.15) is 0 Å². The summed E-state index contributed by atoms with van der Waals surface area (Å²) < 4.78 is 5.08. The SMILES string of the molecule is CC(C)NC(=O)c1ccc(NC(=O)CCNC(=O)/C=C/c2ccco2)cc1. The number of furan rings is 1. The largest absolute Gasteiger partial charge is 0.465 e. The van der Waals surface area contributed by atoms with E-state index in [0.717, 1.165) is 0 Å². The average molecular weight is 369 g/mol. The van der Waals surface area contributed by atoms with E-state index in [2.05, 4.69) is 16.0 Å². The maximum Gasteiger partial charge on any atom is 0.251 e. The van der Waals surface area contributed by atoms with Gasteiger partial charge in [0.1, 0.15) is 5.76 Å². The van der Waals surface area contributed by atoms with E-state index >= 15 is 0 Å². The second kappa shape index (κ2) is 9.96. The predicted octanol–water partition coefficient (Wildman–Crippen LogP) is 2.58. The molecule has 1 aromatic carbocycles. The van der Waals surface area contributed by atoms with Crippen molar-refractivity contribution in [3.05, 3.63) is 60.1 Å². The lowest BCUT2D eigenvalue weighted by Crippen LogP contribution is -2.30. The number of benzene rings is 1. The Bertz CT molecular complexity index is 793. The first-order valence-corrected chi connectivity index (χ1v) is 8.64. The van der Waals surface area contributed by atoms with Gasteiger partial charge in [0.2, 0.25) is 11.8 Å². The van der Waals surface area contributed by atoms with Crippen LogP contribution in [0.5, 0.6) is 0 Å². The second-order valence-corrected chi connectivity index (χ2v) is 6.14. The first-order valence-electron chi connectivity index (χ1n) is 8.64. The molecule has 142 valence electrons. The molecule has 1 aromatic heterocycles. The summed E-state index contributed by atoms with van der Waals surface area (Å²) in [4.78, 5) is 35.4. The van der Waals surface area contributed by atoms with Gasteiger partial charge in [0.05, 0.1) is 6.26 Å². The van der Waals surface area contributed by atoms with Crippen molar-refractivity contribution < 1.29 is 18.8 Å². The van der Waals surface area contributed by atoms with Gasteiger partial charge in [-0.25, -0.2) is 0 Å². The normalized spacial score (nSPS) is 10.8. The Labute approximate surface area is 157 Å². The maximum atomic E-state index is 11.9. The van der Waals surface area contributed by atoms with Crippen molar-refractivity contribution in [1.82, 2.24) is 10.6 Å². The van der Waals surface area contributed by atoms with Gasteiger partial charge < -0.3 is 20.4 Å². The molecule has 0 aliphatic rings. The van der Waals surface area contributed by atoms with Gasteiger partial charge in [-0.1, -0.05) is 0 Å². The van der Waals surface area contributed by atoms with Gasteiger partial charge >= 0.3 is 0 Å². The van der Waals surface area contributed by atoms with Gasteiger partial charge in [-0.15, -0.1) is 0 Å². The molecular weight excluding hydrogens is 346 g/mol. The van der Waals surface area contributed by atoms with Crippen LogP contribution in [0.4, 0.5) is 5.69 Å². The monoisotopic (exact) mass is 369 g/mol. The lowest BCUT2D eigenvalue weighted by molar-refractivity contribution is -0.117. The molecule has 0 radical (unpaired) electrons. The maximum absolute atomic E-state index is 11.9. The van der Waals surface area contributed by atoms with Gasteiger partial charge in [-0.3, -0.25) is 14.4 Å². The fraction of sp³-hybridized carbons (Fsp3) is 0.250. The summed E-state index contributed by atoms with van der Waals surface area (Å²) in [6.45, 7) is 3.98. The Balaban J connectivity index is 1.72. The van der Waals surface area contributed by atoms with Crippen molar-refractivity contribution in [2.24, 2.45) is 0 Å². The van der Waals surface area contributed by atoms with E-state index in [0.29, 0.717) is 17.0 Å². The smallest absolute Gasteiger partial charge is 0.251 e. The Hall–Kier alpha value is -3.35. The van der Waals surface area contributed by atoms with Crippen molar-refractivity contribution in [2.45, 2.75) is 26.3 Å². The summed E-state index contributed by atoms with van der Waals surface area (Å²) in [5.41, 5.74) is 1.11. The van der Waals surface area contributed by atoms with Gasteiger partial charge in [0, 0.05) is 36.3 Å². The molecule has 0 atom stereocenters. The van der Waals surface area contributed by atoms with Crippen LogP contribution in [0.3, 0.4) is 0 Å². The Kier molecular flexibility index (Phi) is 7.37. The molecule has 3 amide bonds. The third kappa shape index (κ3) is 7.19. The average Bonchev–Trinajstić information content (AvgIpc) is 3.13. The first kappa shape index (κ1) is 20.0. The van der Waals surface area contributed by atoms with E-state index in [9.17, 15) is 14.4 Å². The van der Waals surface area contributed by atoms with E-state index < -0.39 is 0 Å². The number of nitrogens with one attached hydrogen (secondary N) is 3. The van der Waals surface area contributed by atoms with Crippen molar-refractivity contribution in [2.75, 3.05) is 11.9 Å². The first-order chi connectivity index (χ1) is 12.9. The van der Waals surface area contributed by atoms with Crippen LogP contribution in [0.15, 0.2) is 53.2 Å². The van der Waals surface area contributed by atoms with Gasteiger partial charge in [0.25, 0.3) is 5.91 Å². The number of amides is 3. The minimum atomic E-state index is -0.306. The highest BCUT2D eigenvalue weighted by atomic mass is 16.3. The van der Waals surface area contributed by atoms with Crippen LogP contribution in [0.1, 0.15) is 36.4 Å². The molecule has 0 saturated heterocycles. The van der Waals surface area contributed by atoms with E-state index in [1.54, 1.807) is 42.5 Å². The molecule has 2 aromatic rings. The summed E-state index contributed by atoms with van der Waals surface area (Å²) in [5, 5.41) is 8.14. The van der Waals surface area contributed by atoms with Crippen LogP contribution in [0.25, 0.3) is 6.08 Å². The summed E-state index contributed by atoms with van der Waals surface area (Å²) >= 11 is 0. The highest BCUT2D eigenvalue weighted by Crippen LogP contribution is 2.10. The van der Waals surface area contributed by atoms with Crippen molar-refractivity contribution in [3.8, 4) is 0 Å². The highest BCUT2D eigenvalue weighted by Gasteiger charge is 2.08. The standard InChI is InChI=1S/C20H23N3O4/c1-14(2)22-20(26)15-5-7-16(8-6-15)23-19(25)11-12-21-18(24)10-9-17-4-3-13-27-17/h3-10,13-14H,11-12H2,1-2H3,(H,21,24)(H,22,26)(H,23,25)/b10-9+. The number of hydrogen-bond donors (Lipinski definition) is 3. The third-order valence-corrected chi connectivity index (χ3v) is 3.44. The lowest BCUT2D eigenvalue weighted by atomic mass is 10.2. The number of carbonyl (C=O) groups excluding carboxylic acids is 3. The van der Waals surface area contributed by atoms with Crippen LogP contribution in [-0.4, -0.2) is 30.3 Å². The summed E-state index contributed by atoms with van der Waals surface area (Å²) in [6.07, 6.45) is 4.55. The molecule has 0 unspecified atom stereocenters. The Morgan fingerprint density at radius 3 is 2.48 bits per heavy atom. The number of rotatable bonds is 8. The Morgan fingerprint density at radius 2 is 1.85 bits per heavy atom. The zero-order valence-electron chi connectivity index (χ0n) is 15.3. The molecule has 0 bridgehead atoms. The number of carbonyl (C=O) groups is 3. The highest BCUT2D eigenvalue weighted by molar-refractivity contribution is 5.96. The van der Waals surface area contributed by atoms with E-state index in [1.165, 1.54) is 12.3 Å². The van der Waals surface area contributed by atoms with Crippen LogP contribution < -0.4 is 16.0 Å². The van der Waals surface area contributed by atoms with Crippen LogP contribution in [0, 0.1) is 0 Å². The minimum absolute atomic E-state index is 0.0565. The molecule has 0 aliphatic heterocycles. The van der Waals surface area contributed by atoms with Crippen molar-refractivity contribution in [1.29, 1.82) is 0 Å². The van der Waals surface area contributed by atoms with E-state index in [4.69, 9.17) is 4.42 Å². The molecular formula is C20H23N3O4. The zero-order chi connectivity index (χ0) is 19.6. The second-order valence-electron chi connectivity index (χ2n) is 6.14. The molecule has 0 saturated carbocycles. The molecule has 3 N–H and O–H groups in total. The summed E-state index contributed by atoms with van der Waals surface area (Å²) in [6, 6.07) is 10.1. The summed E-state index contributed by atoms with van der Waals surface area (Å²) in [7, 11) is 0. The van der Waals surface area contributed by atoms with Crippen LogP contribution in [-0.2, 0) is 9.59 Å². The van der Waals surface area contributed by atoms with E-state index in [-0.39, 0.29) is 36.7 Å². The fourth-order valence-electron chi connectivity index (χ4n) is 2.18. The van der Waals surface area contributed by atoms with Crippen molar-refractivity contribution >= 4 is 29.5 Å². The number of hydrogen-bond acceptors (Lipinski definition) is 4. The molecule has 0 spiro atoms. The molecule has 0 aliphatic carbocycles.